The Morgan fingerprint density at radius 2 is 2.03 bits per heavy atom. The highest BCUT2D eigenvalue weighted by atomic mass is 32.2. The van der Waals surface area contributed by atoms with Crippen LogP contribution in [0.2, 0.25) is 0 Å². The maximum Gasteiger partial charge on any atom is 0.311 e. The van der Waals surface area contributed by atoms with Gasteiger partial charge in [0.25, 0.3) is 5.91 Å². The summed E-state index contributed by atoms with van der Waals surface area (Å²) in [6.45, 7) is 9.38. The normalized spacial score (nSPS) is 29.0. The molecular formula is C27H34N2O6S. The Morgan fingerprint density at radius 1 is 1.31 bits per heavy atom. The lowest BCUT2D eigenvalue weighted by atomic mass is 9.71. The summed E-state index contributed by atoms with van der Waals surface area (Å²) in [6.07, 6.45) is 5.00. The summed E-state index contributed by atoms with van der Waals surface area (Å²) in [5, 5.41) is 10.1. The molecule has 3 aliphatic rings. The molecule has 3 fully saturated rings. The standard InChI is InChI=1S/C27H34N2O6S/c1-5-14-28(18-8-10-19(34-4)11-9-18)25(32)23-27-13-12-20(36-27)21(26(33)35-15-6-2)22(27)24(31)29(23)17(7-3)16-30/h5-6,8-11,17,20-23,30H,1-2,7,12-16H2,3-4H3/t17-,20+,21-,22-,23?,27?/m0/s1. The highest BCUT2D eigenvalue weighted by molar-refractivity contribution is 8.02. The Balaban J connectivity index is 1.78. The number of ether oxygens (including phenoxy) is 2. The van der Waals surface area contributed by atoms with Gasteiger partial charge in [0.2, 0.25) is 5.91 Å². The van der Waals surface area contributed by atoms with Crippen molar-refractivity contribution in [1.29, 1.82) is 0 Å². The average molecular weight is 515 g/mol. The number of esters is 1. The predicted molar refractivity (Wildman–Crippen MR) is 139 cm³/mol. The second-order valence-electron chi connectivity index (χ2n) is 9.40. The zero-order valence-electron chi connectivity index (χ0n) is 20.8. The van der Waals surface area contributed by atoms with E-state index in [4.69, 9.17) is 9.47 Å². The van der Waals surface area contributed by atoms with Gasteiger partial charge in [-0.05, 0) is 43.5 Å². The molecule has 1 spiro atoms. The van der Waals surface area contributed by atoms with Crippen molar-refractivity contribution in [2.75, 3.05) is 31.8 Å². The van der Waals surface area contributed by atoms with Gasteiger partial charge in [-0.1, -0.05) is 25.7 Å². The molecule has 1 N–H and O–H groups in total. The summed E-state index contributed by atoms with van der Waals surface area (Å²) in [5.74, 6) is -1.54. The molecule has 3 aliphatic heterocycles. The Labute approximate surface area is 216 Å². The first kappa shape index (κ1) is 26.3. The zero-order chi connectivity index (χ0) is 26.0. The number of rotatable bonds is 11. The minimum atomic E-state index is -0.818. The van der Waals surface area contributed by atoms with Gasteiger partial charge < -0.3 is 24.4 Å². The molecule has 2 amide bonds. The molecule has 9 heteroatoms. The fraction of sp³-hybridized carbons (Fsp3) is 0.519. The van der Waals surface area contributed by atoms with E-state index in [1.54, 1.807) is 59.0 Å². The zero-order valence-corrected chi connectivity index (χ0v) is 21.6. The summed E-state index contributed by atoms with van der Waals surface area (Å²) < 4.78 is 9.89. The molecule has 194 valence electrons. The smallest absolute Gasteiger partial charge is 0.311 e. The number of fused-ring (bicyclic) bond motifs is 1. The van der Waals surface area contributed by atoms with E-state index in [1.807, 2.05) is 6.92 Å². The van der Waals surface area contributed by atoms with Crippen LogP contribution in [0.1, 0.15) is 26.2 Å². The van der Waals surface area contributed by atoms with Crippen LogP contribution in [0, 0.1) is 11.8 Å². The first-order valence-corrected chi connectivity index (χ1v) is 13.2. The van der Waals surface area contributed by atoms with Gasteiger partial charge in [0.15, 0.2) is 0 Å². The monoisotopic (exact) mass is 514 g/mol. The molecular weight excluding hydrogens is 480 g/mol. The number of thioether (sulfide) groups is 1. The van der Waals surface area contributed by atoms with Crippen LogP contribution in [0.15, 0.2) is 49.6 Å². The van der Waals surface area contributed by atoms with Crippen molar-refractivity contribution < 1.29 is 29.0 Å². The summed E-state index contributed by atoms with van der Waals surface area (Å²) in [4.78, 5) is 44.6. The van der Waals surface area contributed by atoms with Crippen molar-refractivity contribution in [1.82, 2.24) is 4.90 Å². The van der Waals surface area contributed by atoms with Gasteiger partial charge in [0, 0.05) is 17.5 Å². The maximum absolute atomic E-state index is 14.4. The van der Waals surface area contributed by atoms with Crippen LogP contribution in [-0.2, 0) is 19.1 Å². The molecule has 0 radical (unpaired) electrons. The SMILES string of the molecule is C=CCOC(=O)[C@@H]1[C@H]2C(=O)N([C@@H](CC)CO)C(C(=O)N(CC=C)c3ccc(OC)cc3)C23CC[C@H]1S3. The number of aliphatic hydroxyl groups is 1. The van der Waals surface area contributed by atoms with Gasteiger partial charge in [0.05, 0.1) is 36.3 Å². The molecule has 3 saturated heterocycles. The van der Waals surface area contributed by atoms with Gasteiger partial charge in [-0.2, -0.15) is 0 Å². The van der Waals surface area contributed by atoms with Gasteiger partial charge in [-0.15, -0.1) is 18.3 Å². The topological polar surface area (TPSA) is 96.4 Å². The van der Waals surface area contributed by atoms with Crippen LogP contribution in [0.25, 0.3) is 0 Å². The molecule has 0 aliphatic carbocycles. The number of carbonyl (C=O) groups excluding carboxylic acids is 3. The third-order valence-corrected chi connectivity index (χ3v) is 9.58. The van der Waals surface area contributed by atoms with E-state index >= 15 is 0 Å². The second-order valence-corrected chi connectivity index (χ2v) is 11.0. The number of amides is 2. The van der Waals surface area contributed by atoms with Crippen molar-refractivity contribution in [3.05, 3.63) is 49.6 Å². The Hall–Kier alpha value is -2.78. The highest BCUT2D eigenvalue weighted by Crippen LogP contribution is 2.67. The van der Waals surface area contributed by atoms with E-state index in [2.05, 4.69) is 13.2 Å². The van der Waals surface area contributed by atoms with E-state index < -0.39 is 34.6 Å². The number of benzene rings is 1. The van der Waals surface area contributed by atoms with Crippen molar-refractivity contribution in [2.45, 2.75) is 48.3 Å². The maximum atomic E-state index is 14.4. The summed E-state index contributed by atoms with van der Waals surface area (Å²) in [6, 6.07) is 5.81. The number of aliphatic hydroxyl groups excluding tert-OH is 1. The Bertz CT molecular complexity index is 1030. The van der Waals surface area contributed by atoms with E-state index in [1.165, 1.54) is 6.08 Å². The minimum absolute atomic E-state index is 0.0749. The molecule has 2 unspecified atom stereocenters. The molecule has 6 atom stereocenters. The van der Waals surface area contributed by atoms with Crippen LogP contribution in [0.4, 0.5) is 5.69 Å². The largest absolute Gasteiger partial charge is 0.497 e. The fourth-order valence-corrected chi connectivity index (χ4v) is 8.23. The van der Waals surface area contributed by atoms with Gasteiger partial charge in [-0.25, -0.2) is 0 Å². The number of hydrogen-bond acceptors (Lipinski definition) is 7. The summed E-state index contributed by atoms with van der Waals surface area (Å²) in [5.41, 5.74) is 0.657. The van der Waals surface area contributed by atoms with Crippen molar-refractivity contribution in [3.63, 3.8) is 0 Å². The molecule has 1 aromatic rings. The molecule has 1 aromatic carbocycles. The predicted octanol–water partition coefficient (Wildman–Crippen LogP) is 2.81. The molecule has 8 nitrogen and oxygen atoms in total. The molecule has 4 rings (SSSR count). The van der Waals surface area contributed by atoms with Crippen LogP contribution < -0.4 is 9.64 Å². The van der Waals surface area contributed by atoms with Crippen molar-refractivity contribution in [2.24, 2.45) is 11.8 Å². The second kappa shape index (κ2) is 10.7. The van der Waals surface area contributed by atoms with Gasteiger partial charge in [-0.3, -0.25) is 14.4 Å². The lowest BCUT2D eigenvalue weighted by Gasteiger charge is -2.39. The van der Waals surface area contributed by atoms with Crippen molar-refractivity contribution in [3.8, 4) is 5.75 Å². The number of nitrogens with zero attached hydrogens (tertiary/aromatic N) is 2. The third-order valence-electron chi connectivity index (χ3n) is 7.62. The lowest BCUT2D eigenvalue weighted by molar-refractivity contribution is -0.153. The van der Waals surface area contributed by atoms with E-state index in [-0.39, 0.29) is 36.8 Å². The molecule has 0 saturated carbocycles. The lowest BCUT2D eigenvalue weighted by Crippen LogP contribution is -2.57. The summed E-state index contributed by atoms with van der Waals surface area (Å²) in [7, 11) is 1.58. The van der Waals surface area contributed by atoms with Crippen LogP contribution in [0.3, 0.4) is 0 Å². The first-order chi connectivity index (χ1) is 17.4. The van der Waals surface area contributed by atoms with E-state index in [0.29, 0.717) is 24.3 Å². The number of carbonyl (C=O) groups is 3. The minimum Gasteiger partial charge on any atom is -0.497 e. The molecule has 2 bridgehead atoms. The number of likely N-dealkylation sites (tertiary alicyclic amines) is 1. The Kier molecular flexibility index (Phi) is 7.80. The van der Waals surface area contributed by atoms with E-state index in [9.17, 15) is 19.5 Å². The number of methoxy groups -OCH3 is 1. The van der Waals surface area contributed by atoms with Crippen LogP contribution in [0.5, 0.6) is 5.75 Å². The fourth-order valence-electron chi connectivity index (χ4n) is 6.04. The molecule has 3 heterocycles. The van der Waals surface area contributed by atoms with Crippen LogP contribution >= 0.6 is 11.8 Å². The molecule has 0 aromatic heterocycles. The van der Waals surface area contributed by atoms with Gasteiger partial charge in [0.1, 0.15) is 18.4 Å². The van der Waals surface area contributed by atoms with Crippen molar-refractivity contribution >= 4 is 35.2 Å². The molecule has 36 heavy (non-hydrogen) atoms. The first-order valence-electron chi connectivity index (χ1n) is 12.3. The van der Waals surface area contributed by atoms with Crippen LogP contribution in [-0.4, -0.2) is 76.7 Å². The quantitative estimate of drug-likeness (QED) is 0.358. The highest BCUT2D eigenvalue weighted by Gasteiger charge is 2.74. The number of anilines is 1. The average Bonchev–Trinajstić information content (AvgIpc) is 3.54. The van der Waals surface area contributed by atoms with E-state index in [0.717, 1.165) is 6.42 Å². The number of hydrogen-bond donors (Lipinski definition) is 1. The summed E-state index contributed by atoms with van der Waals surface area (Å²) >= 11 is 1.57. The Morgan fingerprint density at radius 3 is 2.61 bits per heavy atom. The third kappa shape index (κ3) is 4.12. The van der Waals surface area contributed by atoms with Gasteiger partial charge >= 0.3 is 5.97 Å².